The fraction of sp³-hybridized carbons (Fsp3) is 0.147. The van der Waals surface area contributed by atoms with Crippen LogP contribution in [-0.2, 0) is 13.0 Å². The maximum absolute atomic E-state index is 14.4. The van der Waals surface area contributed by atoms with Crippen molar-refractivity contribution >= 4 is 23.8 Å². The number of amides is 2. The van der Waals surface area contributed by atoms with Gasteiger partial charge in [-0.2, -0.15) is 5.26 Å². The van der Waals surface area contributed by atoms with Crippen molar-refractivity contribution in [2.24, 2.45) is 0 Å². The zero-order chi connectivity index (χ0) is 31.2. The lowest BCUT2D eigenvalue weighted by Gasteiger charge is -2.36. The van der Waals surface area contributed by atoms with Crippen molar-refractivity contribution in [2.75, 3.05) is 0 Å². The highest BCUT2D eigenvalue weighted by Crippen LogP contribution is 2.37. The van der Waals surface area contributed by atoms with Crippen LogP contribution in [0.4, 0.5) is 0 Å². The Labute approximate surface area is 252 Å². The predicted octanol–water partition coefficient (Wildman–Crippen LogP) is 5.81. The molecule has 220 valence electrons. The normalized spacial score (nSPS) is 13.6. The Morgan fingerprint density at radius 1 is 0.818 bits per heavy atom. The molecule has 0 saturated carbocycles. The lowest BCUT2D eigenvalue weighted by atomic mass is 9.86. The van der Waals surface area contributed by atoms with E-state index in [1.165, 1.54) is 6.19 Å². The summed E-state index contributed by atoms with van der Waals surface area (Å²) in [6, 6.07) is 25.4. The minimum atomic E-state index is -1.56. The Hall–Kier alpha value is -5.95. The van der Waals surface area contributed by atoms with Crippen LogP contribution in [0.2, 0.25) is 0 Å². The van der Waals surface area contributed by atoms with Gasteiger partial charge in [-0.1, -0.05) is 54.6 Å². The molecule has 0 heterocycles. The van der Waals surface area contributed by atoms with Gasteiger partial charge >= 0.3 is 11.9 Å². The Balaban J connectivity index is 1.61. The monoisotopic (exact) mass is 589 g/mol. The number of hydrogen-bond acceptors (Lipinski definition) is 6. The van der Waals surface area contributed by atoms with Gasteiger partial charge in [0, 0.05) is 6.54 Å². The topological polar surface area (TPSA) is 157 Å². The zero-order valence-corrected chi connectivity index (χ0v) is 23.4. The molecule has 0 unspecified atom stereocenters. The van der Waals surface area contributed by atoms with E-state index in [9.17, 15) is 29.4 Å². The predicted molar refractivity (Wildman–Crippen MR) is 158 cm³/mol. The number of carboxylic acids is 2. The Morgan fingerprint density at radius 3 is 2.20 bits per heavy atom. The first-order valence-corrected chi connectivity index (χ1v) is 13.8. The van der Waals surface area contributed by atoms with E-state index in [0.29, 0.717) is 23.5 Å². The molecule has 0 radical (unpaired) electrons. The molecule has 4 aromatic carbocycles. The number of fused-ring (bicyclic) bond motifs is 1. The van der Waals surface area contributed by atoms with Crippen LogP contribution in [0.3, 0.4) is 0 Å². The second-order valence-electron chi connectivity index (χ2n) is 10.2. The lowest BCUT2D eigenvalue weighted by molar-refractivity contribution is 0.0614. The molecule has 1 atom stereocenters. The number of nitrogens with one attached hydrogen (secondary N) is 1. The van der Waals surface area contributed by atoms with Crippen LogP contribution in [0.1, 0.15) is 77.0 Å². The number of aromatic carboxylic acids is 2. The summed E-state index contributed by atoms with van der Waals surface area (Å²) in [5, 5.41) is 30.6. The second-order valence-corrected chi connectivity index (χ2v) is 10.2. The summed E-state index contributed by atoms with van der Waals surface area (Å²) in [7, 11) is 0. The van der Waals surface area contributed by atoms with E-state index in [2.05, 4.69) is 0 Å². The first-order chi connectivity index (χ1) is 21.3. The molecular formula is C34H27N3O7. The van der Waals surface area contributed by atoms with Crippen molar-refractivity contribution in [3.05, 3.63) is 130 Å². The molecule has 0 spiro atoms. The average molecular weight is 590 g/mol. The van der Waals surface area contributed by atoms with Crippen molar-refractivity contribution in [1.82, 2.24) is 10.2 Å². The number of carboxylic acid groups (broad SMARTS) is 2. The highest BCUT2D eigenvalue weighted by molar-refractivity contribution is 6.12. The lowest BCUT2D eigenvalue weighted by Crippen LogP contribution is -2.37. The first-order valence-electron chi connectivity index (χ1n) is 13.8. The van der Waals surface area contributed by atoms with Gasteiger partial charge in [-0.3, -0.25) is 14.9 Å². The fourth-order valence-electron chi connectivity index (χ4n) is 5.50. The summed E-state index contributed by atoms with van der Waals surface area (Å²) in [5.41, 5.74) is 0.596. The van der Waals surface area contributed by atoms with Crippen LogP contribution in [0.15, 0.2) is 91.0 Å². The van der Waals surface area contributed by atoms with Crippen LogP contribution >= 0.6 is 0 Å². The van der Waals surface area contributed by atoms with E-state index in [1.54, 1.807) is 23.1 Å². The molecule has 1 aliphatic carbocycles. The summed E-state index contributed by atoms with van der Waals surface area (Å²) >= 11 is 0. The molecule has 0 aliphatic heterocycles. The molecule has 10 heteroatoms. The van der Waals surface area contributed by atoms with Crippen molar-refractivity contribution < 1.29 is 34.1 Å². The molecule has 3 N–H and O–H groups in total. The largest absolute Gasteiger partial charge is 0.478 e. The molecule has 0 fully saturated rings. The highest BCUT2D eigenvalue weighted by atomic mass is 16.5. The third-order valence-corrected chi connectivity index (χ3v) is 7.47. The molecule has 0 aromatic heterocycles. The Bertz CT molecular complexity index is 1800. The number of aryl methyl sites for hydroxylation is 1. The van der Waals surface area contributed by atoms with Gasteiger partial charge < -0.3 is 19.8 Å². The average Bonchev–Trinajstić information content (AvgIpc) is 3.03. The van der Waals surface area contributed by atoms with E-state index >= 15 is 0 Å². The van der Waals surface area contributed by atoms with Crippen LogP contribution in [0.5, 0.6) is 11.5 Å². The molecule has 2 amide bonds. The van der Waals surface area contributed by atoms with Crippen LogP contribution in [-0.4, -0.2) is 38.9 Å². The molecule has 1 aliphatic rings. The van der Waals surface area contributed by atoms with Gasteiger partial charge in [0.15, 0.2) is 6.19 Å². The molecule has 4 aromatic rings. The summed E-state index contributed by atoms with van der Waals surface area (Å²) < 4.78 is 5.99. The first kappa shape index (κ1) is 29.5. The highest BCUT2D eigenvalue weighted by Gasteiger charge is 2.34. The van der Waals surface area contributed by atoms with E-state index in [-0.39, 0.29) is 12.1 Å². The minimum Gasteiger partial charge on any atom is -0.478 e. The summed E-state index contributed by atoms with van der Waals surface area (Å²) in [6.07, 6.45) is 3.61. The van der Waals surface area contributed by atoms with Gasteiger partial charge in [0.1, 0.15) is 11.5 Å². The molecule has 0 bridgehead atoms. The standard InChI is InChI=1S/C34H27N3O7/c35-20-36-31(38)26-17-29(34(42)43)27(18-28(26)33(40)41)32(39)37(30-15-7-10-22-9-4-5-14-25(22)30)19-21-8-6-13-24(16-21)44-23-11-2-1-3-12-23/h1-6,8-9,11-14,16-18,30H,7,10,15,19H2,(H,36,38)(H,40,41)(H,42,43)/t30-/m0/s1. The van der Waals surface area contributed by atoms with Crippen LogP contribution < -0.4 is 10.1 Å². The summed E-state index contributed by atoms with van der Waals surface area (Å²) in [5.74, 6) is -3.73. The number of nitrogens with zero attached hydrogens (tertiary/aromatic N) is 2. The molecule has 10 nitrogen and oxygen atoms in total. The van der Waals surface area contributed by atoms with Gasteiger partial charge in [-0.25, -0.2) is 9.59 Å². The number of ether oxygens (including phenoxy) is 1. The molecular weight excluding hydrogens is 562 g/mol. The van der Waals surface area contributed by atoms with E-state index < -0.39 is 46.5 Å². The summed E-state index contributed by atoms with van der Waals surface area (Å²) in [6.45, 7) is 0.0575. The van der Waals surface area contributed by atoms with E-state index in [0.717, 1.165) is 36.1 Å². The van der Waals surface area contributed by atoms with Crippen molar-refractivity contribution in [3.8, 4) is 17.7 Å². The van der Waals surface area contributed by atoms with Gasteiger partial charge in [-0.15, -0.1) is 0 Å². The number of carbonyl (C=O) groups excluding carboxylic acids is 2. The zero-order valence-electron chi connectivity index (χ0n) is 23.4. The summed E-state index contributed by atoms with van der Waals surface area (Å²) in [4.78, 5) is 53.0. The van der Waals surface area contributed by atoms with E-state index in [1.807, 2.05) is 66.0 Å². The minimum absolute atomic E-state index is 0.0575. The maximum atomic E-state index is 14.4. The quantitative estimate of drug-likeness (QED) is 0.163. The third kappa shape index (κ3) is 6.27. The Kier molecular flexibility index (Phi) is 8.67. The van der Waals surface area contributed by atoms with Crippen molar-refractivity contribution in [1.29, 1.82) is 5.26 Å². The molecule has 0 saturated heterocycles. The smallest absolute Gasteiger partial charge is 0.336 e. The number of para-hydroxylation sites is 1. The number of carbonyl (C=O) groups is 4. The van der Waals surface area contributed by atoms with Gasteiger partial charge in [0.05, 0.1) is 28.3 Å². The number of nitriles is 1. The SMILES string of the molecule is N#CNC(=O)c1cc(C(=O)O)c(C(=O)N(Cc2cccc(Oc3ccccc3)c2)[C@H]2CCCc3ccccc32)cc1C(=O)O. The number of benzene rings is 4. The van der Waals surface area contributed by atoms with Gasteiger partial charge in [-0.05, 0) is 72.4 Å². The van der Waals surface area contributed by atoms with Gasteiger partial charge in [0.2, 0.25) is 0 Å². The fourth-order valence-corrected chi connectivity index (χ4v) is 5.50. The molecule has 44 heavy (non-hydrogen) atoms. The number of hydrogen-bond donors (Lipinski definition) is 3. The van der Waals surface area contributed by atoms with Gasteiger partial charge in [0.25, 0.3) is 11.8 Å². The van der Waals surface area contributed by atoms with Crippen LogP contribution in [0.25, 0.3) is 0 Å². The van der Waals surface area contributed by atoms with Crippen molar-refractivity contribution in [2.45, 2.75) is 31.8 Å². The maximum Gasteiger partial charge on any atom is 0.336 e. The second kappa shape index (κ2) is 12.9. The van der Waals surface area contributed by atoms with Crippen molar-refractivity contribution in [3.63, 3.8) is 0 Å². The molecule has 5 rings (SSSR count). The number of rotatable bonds is 9. The van der Waals surface area contributed by atoms with Crippen LogP contribution in [0, 0.1) is 11.5 Å². The Morgan fingerprint density at radius 2 is 1.48 bits per heavy atom. The third-order valence-electron chi connectivity index (χ3n) is 7.47. The van der Waals surface area contributed by atoms with E-state index in [4.69, 9.17) is 10.00 Å².